The monoisotopic (exact) mass is 198 g/mol. The third-order valence-corrected chi connectivity index (χ3v) is 2.18. The Morgan fingerprint density at radius 1 is 1.57 bits per heavy atom. The molecule has 2 N–H and O–H groups in total. The fourth-order valence-electron chi connectivity index (χ4n) is 1.39. The van der Waals surface area contributed by atoms with Gasteiger partial charge in [0.1, 0.15) is 0 Å². The van der Waals surface area contributed by atoms with Crippen LogP contribution in [-0.2, 0) is 14.3 Å². The largest absolute Gasteiger partial charge is 0.491 e. The van der Waals surface area contributed by atoms with Crippen LogP contribution in [0.1, 0.15) is 13.8 Å². The summed E-state index contributed by atoms with van der Waals surface area (Å²) in [6.45, 7) is 3.99. The molecule has 5 nitrogen and oxygen atoms in total. The van der Waals surface area contributed by atoms with Gasteiger partial charge in [0.2, 0.25) is 5.91 Å². The molecule has 0 unspecified atom stereocenters. The van der Waals surface area contributed by atoms with Gasteiger partial charge in [-0.15, -0.1) is 0 Å². The lowest BCUT2D eigenvalue weighted by molar-refractivity contribution is -0.129. The molecular weight excluding hydrogens is 184 g/mol. The lowest BCUT2D eigenvalue weighted by Gasteiger charge is -2.20. The zero-order valence-corrected chi connectivity index (χ0v) is 8.53. The molecule has 0 saturated carbocycles. The highest BCUT2D eigenvalue weighted by Crippen LogP contribution is 2.21. The summed E-state index contributed by atoms with van der Waals surface area (Å²) in [7, 11) is 1.36. The molecule has 0 radical (unpaired) electrons. The van der Waals surface area contributed by atoms with Crippen LogP contribution in [-0.4, -0.2) is 36.4 Å². The third kappa shape index (κ3) is 1.57. The average molecular weight is 198 g/mol. The van der Waals surface area contributed by atoms with Gasteiger partial charge in [-0.25, -0.2) is 0 Å². The summed E-state index contributed by atoms with van der Waals surface area (Å²) in [5.41, 5.74) is 5.39. The van der Waals surface area contributed by atoms with E-state index >= 15 is 0 Å². The third-order valence-electron chi connectivity index (χ3n) is 2.18. The maximum absolute atomic E-state index is 11.6. The van der Waals surface area contributed by atoms with Crippen molar-refractivity contribution in [3.8, 4) is 0 Å². The zero-order valence-electron chi connectivity index (χ0n) is 8.53. The Morgan fingerprint density at radius 2 is 2.14 bits per heavy atom. The molecule has 0 aliphatic carbocycles. The van der Waals surface area contributed by atoms with E-state index in [1.165, 1.54) is 7.11 Å². The molecule has 0 aromatic rings. The molecule has 1 heterocycles. The van der Waals surface area contributed by atoms with E-state index in [1.54, 1.807) is 4.90 Å². The van der Waals surface area contributed by atoms with Crippen molar-refractivity contribution in [2.75, 3.05) is 13.7 Å². The van der Waals surface area contributed by atoms with Gasteiger partial charge in [0.25, 0.3) is 5.91 Å². The van der Waals surface area contributed by atoms with Gasteiger partial charge in [-0.2, -0.15) is 0 Å². The summed E-state index contributed by atoms with van der Waals surface area (Å²) in [4.78, 5) is 24.2. The van der Waals surface area contributed by atoms with Gasteiger partial charge >= 0.3 is 0 Å². The molecule has 0 aromatic heterocycles. The predicted octanol–water partition coefficient (Wildman–Crippen LogP) is -0.377. The quantitative estimate of drug-likeness (QED) is 0.672. The summed E-state index contributed by atoms with van der Waals surface area (Å²) in [5, 5.41) is 0. The van der Waals surface area contributed by atoms with E-state index in [9.17, 15) is 9.59 Å². The molecule has 78 valence electrons. The Hall–Kier alpha value is -1.52. The first-order valence-electron chi connectivity index (χ1n) is 4.37. The predicted molar refractivity (Wildman–Crippen MR) is 50.1 cm³/mol. The smallest absolute Gasteiger partial charge is 0.290 e. The number of ether oxygens (including phenoxy) is 1. The minimum absolute atomic E-state index is 0.0319. The van der Waals surface area contributed by atoms with Crippen molar-refractivity contribution in [1.82, 2.24) is 4.90 Å². The maximum Gasteiger partial charge on any atom is 0.290 e. The van der Waals surface area contributed by atoms with Crippen molar-refractivity contribution >= 4 is 11.8 Å². The van der Waals surface area contributed by atoms with E-state index in [-0.39, 0.29) is 29.8 Å². The molecular formula is C9H14N2O3. The number of amides is 2. The van der Waals surface area contributed by atoms with E-state index in [0.717, 1.165) is 0 Å². The van der Waals surface area contributed by atoms with Gasteiger partial charge in [0.15, 0.2) is 5.76 Å². The van der Waals surface area contributed by atoms with Crippen LogP contribution in [0.3, 0.4) is 0 Å². The molecule has 2 amide bonds. The Bertz CT molecular complexity index is 307. The van der Waals surface area contributed by atoms with Crippen molar-refractivity contribution in [3.63, 3.8) is 0 Å². The highest BCUT2D eigenvalue weighted by atomic mass is 16.5. The van der Waals surface area contributed by atoms with E-state index < -0.39 is 5.91 Å². The second-order valence-electron chi connectivity index (χ2n) is 3.40. The normalized spacial score (nSPS) is 16.9. The molecule has 0 spiro atoms. The molecule has 0 saturated heterocycles. The summed E-state index contributed by atoms with van der Waals surface area (Å²) < 4.78 is 4.87. The van der Waals surface area contributed by atoms with Gasteiger partial charge in [-0.3, -0.25) is 9.59 Å². The highest BCUT2D eigenvalue weighted by Gasteiger charge is 2.35. The highest BCUT2D eigenvalue weighted by molar-refractivity contribution is 6.06. The van der Waals surface area contributed by atoms with Gasteiger partial charge in [0, 0.05) is 6.04 Å². The van der Waals surface area contributed by atoms with Crippen LogP contribution in [0.15, 0.2) is 11.3 Å². The molecule has 5 heteroatoms. The van der Waals surface area contributed by atoms with Crippen LogP contribution in [0.25, 0.3) is 0 Å². The summed E-state index contributed by atoms with van der Waals surface area (Å²) in [6, 6.07) is 0.0319. The zero-order chi connectivity index (χ0) is 10.9. The fourth-order valence-corrected chi connectivity index (χ4v) is 1.39. The number of hydrogen-bond donors (Lipinski definition) is 1. The number of methoxy groups -OCH3 is 1. The molecule has 0 aromatic carbocycles. The first-order chi connectivity index (χ1) is 6.49. The molecule has 0 bridgehead atoms. The Balaban J connectivity index is 2.99. The number of carbonyl (C=O) groups is 2. The topological polar surface area (TPSA) is 72.6 Å². The Labute approximate surface area is 82.5 Å². The molecule has 0 atom stereocenters. The van der Waals surface area contributed by atoms with Crippen molar-refractivity contribution < 1.29 is 14.3 Å². The van der Waals surface area contributed by atoms with E-state index in [2.05, 4.69) is 0 Å². The van der Waals surface area contributed by atoms with Gasteiger partial charge in [0.05, 0.1) is 19.2 Å². The number of nitrogens with two attached hydrogens (primary N) is 1. The van der Waals surface area contributed by atoms with E-state index in [4.69, 9.17) is 10.5 Å². The second kappa shape index (κ2) is 3.69. The Kier molecular flexibility index (Phi) is 2.78. The molecule has 0 fully saturated rings. The molecule has 1 aliphatic rings. The standard InChI is InChI=1S/C9H14N2O3/c1-5(2)11-4-6(8(10)12)7(14-3)9(11)13/h5H,4H2,1-3H3,(H2,10,12). The van der Waals surface area contributed by atoms with Crippen molar-refractivity contribution in [1.29, 1.82) is 0 Å². The first kappa shape index (κ1) is 10.6. The van der Waals surface area contributed by atoms with Gasteiger partial charge in [-0.05, 0) is 13.8 Å². The number of primary amides is 1. The summed E-state index contributed by atoms with van der Waals surface area (Å²) >= 11 is 0. The van der Waals surface area contributed by atoms with Crippen LogP contribution < -0.4 is 5.73 Å². The SMILES string of the molecule is COC1=C(C(N)=O)CN(C(C)C)C1=O. The van der Waals surface area contributed by atoms with Crippen LogP contribution in [0.2, 0.25) is 0 Å². The summed E-state index contributed by atoms with van der Waals surface area (Å²) in [5.74, 6) is -0.791. The first-order valence-corrected chi connectivity index (χ1v) is 4.37. The lowest BCUT2D eigenvalue weighted by Crippen LogP contribution is -2.34. The number of nitrogens with zero attached hydrogens (tertiary/aromatic N) is 1. The average Bonchev–Trinajstić information content (AvgIpc) is 2.42. The minimum Gasteiger partial charge on any atom is -0.491 e. The van der Waals surface area contributed by atoms with Crippen LogP contribution in [0, 0.1) is 0 Å². The van der Waals surface area contributed by atoms with E-state index in [1.807, 2.05) is 13.8 Å². The molecule has 14 heavy (non-hydrogen) atoms. The van der Waals surface area contributed by atoms with Crippen LogP contribution in [0.4, 0.5) is 0 Å². The molecule has 1 aliphatic heterocycles. The van der Waals surface area contributed by atoms with Crippen LogP contribution in [0.5, 0.6) is 0 Å². The number of hydrogen-bond acceptors (Lipinski definition) is 3. The maximum atomic E-state index is 11.6. The van der Waals surface area contributed by atoms with Gasteiger partial charge in [-0.1, -0.05) is 0 Å². The van der Waals surface area contributed by atoms with Crippen LogP contribution >= 0.6 is 0 Å². The number of rotatable bonds is 3. The summed E-state index contributed by atoms with van der Waals surface area (Å²) in [6.07, 6.45) is 0. The lowest BCUT2D eigenvalue weighted by atomic mass is 10.2. The fraction of sp³-hybridized carbons (Fsp3) is 0.556. The van der Waals surface area contributed by atoms with Gasteiger partial charge < -0.3 is 15.4 Å². The van der Waals surface area contributed by atoms with Crippen molar-refractivity contribution in [2.24, 2.45) is 5.73 Å². The Morgan fingerprint density at radius 3 is 2.43 bits per heavy atom. The molecule has 1 rings (SSSR count). The second-order valence-corrected chi connectivity index (χ2v) is 3.40. The van der Waals surface area contributed by atoms with Crippen molar-refractivity contribution in [3.05, 3.63) is 11.3 Å². The number of carbonyl (C=O) groups excluding carboxylic acids is 2. The minimum atomic E-state index is -0.599. The van der Waals surface area contributed by atoms with Crippen molar-refractivity contribution in [2.45, 2.75) is 19.9 Å². The van der Waals surface area contributed by atoms with E-state index in [0.29, 0.717) is 0 Å².